The molecule has 1 amide bonds. The number of rotatable bonds is 4. The summed E-state index contributed by atoms with van der Waals surface area (Å²) in [5.74, 6) is 1.58. The van der Waals surface area contributed by atoms with Crippen LogP contribution in [0.2, 0.25) is 0 Å². The summed E-state index contributed by atoms with van der Waals surface area (Å²) >= 11 is 0. The van der Waals surface area contributed by atoms with Gasteiger partial charge in [0.05, 0.1) is 6.54 Å². The molecule has 2 heterocycles. The van der Waals surface area contributed by atoms with Gasteiger partial charge in [0, 0.05) is 13.2 Å². The van der Waals surface area contributed by atoms with Gasteiger partial charge in [0.1, 0.15) is 12.7 Å². The Kier molecular flexibility index (Phi) is 4.29. The highest BCUT2D eigenvalue weighted by Crippen LogP contribution is 2.31. The summed E-state index contributed by atoms with van der Waals surface area (Å²) in [5.41, 5.74) is 0. The molecule has 0 radical (unpaired) electrons. The lowest BCUT2D eigenvalue weighted by atomic mass is 10.2. The van der Waals surface area contributed by atoms with E-state index in [1.165, 1.54) is 0 Å². The molecular weight excluding hydrogens is 270 g/mol. The molecule has 21 heavy (non-hydrogen) atoms. The number of hydrogen-bond acceptors (Lipinski definition) is 4. The van der Waals surface area contributed by atoms with E-state index in [9.17, 15) is 4.79 Å². The van der Waals surface area contributed by atoms with Crippen molar-refractivity contribution in [3.63, 3.8) is 0 Å². The van der Waals surface area contributed by atoms with Gasteiger partial charge in [-0.25, -0.2) is 0 Å². The van der Waals surface area contributed by atoms with Crippen molar-refractivity contribution in [2.45, 2.75) is 32.0 Å². The zero-order valence-corrected chi connectivity index (χ0v) is 12.3. The summed E-state index contributed by atoms with van der Waals surface area (Å²) in [6.07, 6.45) is 1.37. The zero-order valence-electron chi connectivity index (χ0n) is 12.3. The van der Waals surface area contributed by atoms with Crippen molar-refractivity contribution < 1.29 is 19.0 Å². The van der Waals surface area contributed by atoms with Crippen molar-refractivity contribution in [1.82, 2.24) is 4.90 Å². The van der Waals surface area contributed by atoms with Crippen LogP contribution < -0.4 is 9.47 Å². The maximum atomic E-state index is 12.4. The van der Waals surface area contributed by atoms with Crippen molar-refractivity contribution in [2.75, 3.05) is 26.3 Å². The quantitative estimate of drug-likeness (QED) is 0.849. The van der Waals surface area contributed by atoms with Crippen LogP contribution in [0.25, 0.3) is 0 Å². The minimum absolute atomic E-state index is 0.0671. The number of nitrogens with zero attached hydrogens (tertiary/aromatic N) is 1. The van der Waals surface area contributed by atoms with E-state index in [0.29, 0.717) is 26.3 Å². The molecule has 1 aromatic carbocycles. The van der Waals surface area contributed by atoms with E-state index in [0.717, 1.165) is 24.3 Å². The molecule has 0 unspecified atom stereocenters. The first-order chi connectivity index (χ1) is 10.3. The lowest BCUT2D eigenvalue weighted by Gasteiger charge is -2.31. The number of para-hydroxylation sites is 2. The van der Waals surface area contributed by atoms with E-state index in [1.807, 2.05) is 31.2 Å². The number of fused-ring (bicyclic) bond motifs is 1. The van der Waals surface area contributed by atoms with Gasteiger partial charge in [-0.1, -0.05) is 12.1 Å². The van der Waals surface area contributed by atoms with E-state index in [-0.39, 0.29) is 18.1 Å². The summed E-state index contributed by atoms with van der Waals surface area (Å²) in [7, 11) is 0. The Bertz CT molecular complexity index is 499. The summed E-state index contributed by atoms with van der Waals surface area (Å²) < 4.78 is 17.1. The van der Waals surface area contributed by atoms with Crippen LogP contribution in [0, 0.1) is 0 Å². The van der Waals surface area contributed by atoms with E-state index in [4.69, 9.17) is 14.2 Å². The van der Waals surface area contributed by atoms with Gasteiger partial charge in [-0.2, -0.15) is 0 Å². The maximum absolute atomic E-state index is 12.4. The molecule has 1 fully saturated rings. The van der Waals surface area contributed by atoms with Crippen molar-refractivity contribution in [3.05, 3.63) is 24.3 Å². The average molecular weight is 291 g/mol. The van der Waals surface area contributed by atoms with Crippen LogP contribution in [0.4, 0.5) is 0 Å². The van der Waals surface area contributed by atoms with E-state index >= 15 is 0 Å². The molecule has 0 spiro atoms. The van der Waals surface area contributed by atoms with Gasteiger partial charge in [-0.3, -0.25) is 4.79 Å². The standard InChI is InChI=1S/C16H21NO4/c1-2-17(16(18)15-8-5-9-19-15)10-12-11-20-13-6-3-4-7-14(13)21-12/h3-4,6-7,12,15H,2,5,8-11H2,1H3/t12-,15+/m1/s1. The van der Waals surface area contributed by atoms with E-state index in [1.54, 1.807) is 4.90 Å². The molecule has 0 saturated carbocycles. The molecule has 114 valence electrons. The first-order valence-corrected chi connectivity index (χ1v) is 7.57. The number of benzene rings is 1. The van der Waals surface area contributed by atoms with Crippen LogP contribution in [0.3, 0.4) is 0 Å². The number of carbonyl (C=O) groups excluding carboxylic acids is 1. The van der Waals surface area contributed by atoms with Gasteiger partial charge < -0.3 is 19.1 Å². The summed E-state index contributed by atoms with van der Waals surface area (Å²) in [4.78, 5) is 14.2. The lowest BCUT2D eigenvalue weighted by molar-refractivity contribution is -0.142. The minimum atomic E-state index is -0.276. The second-order valence-corrected chi connectivity index (χ2v) is 5.38. The van der Waals surface area contributed by atoms with Gasteiger partial charge in [0.2, 0.25) is 0 Å². The number of carbonyl (C=O) groups is 1. The van der Waals surface area contributed by atoms with Gasteiger partial charge in [0.25, 0.3) is 5.91 Å². The fraction of sp³-hybridized carbons (Fsp3) is 0.562. The molecule has 0 aromatic heterocycles. The summed E-state index contributed by atoms with van der Waals surface area (Å²) in [6, 6.07) is 7.61. The van der Waals surface area contributed by atoms with Crippen LogP contribution in [-0.2, 0) is 9.53 Å². The van der Waals surface area contributed by atoms with Crippen molar-refractivity contribution in [2.24, 2.45) is 0 Å². The summed E-state index contributed by atoms with van der Waals surface area (Å²) in [5, 5.41) is 0. The highest BCUT2D eigenvalue weighted by Gasteiger charge is 2.30. The third-order valence-corrected chi connectivity index (χ3v) is 3.89. The topological polar surface area (TPSA) is 48.0 Å². The Labute approximate surface area is 124 Å². The first kappa shape index (κ1) is 14.2. The molecular formula is C16H21NO4. The van der Waals surface area contributed by atoms with Gasteiger partial charge in [-0.05, 0) is 31.9 Å². The van der Waals surface area contributed by atoms with Crippen LogP contribution in [-0.4, -0.2) is 49.3 Å². The molecule has 5 heteroatoms. The molecule has 5 nitrogen and oxygen atoms in total. The molecule has 1 saturated heterocycles. The normalized spacial score (nSPS) is 23.9. The Morgan fingerprint density at radius 2 is 2.14 bits per heavy atom. The van der Waals surface area contributed by atoms with Gasteiger partial charge in [0.15, 0.2) is 17.6 Å². The first-order valence-electron chi connectivity index (χ1n) is 7.57. The molecule has 0 bridgehead atoms. The fourth-order valence-electron chi connectivity index (χ4n) is 2.75. The number of likely N-dealkylation sites (N-methyl/N-ethyl adjacent to an activating group) is 1. The molecule has 2 aliphatic rings. The van der Waals surface area contributed by atoms with Crippen LogP contribution in [0.5, 0.6) is 11.5 Å². The molecule has 2 atom stereocenters. The van der Waals surface area contributed by atoms with Crippen molar-refractivity contribution in [1.29, 1.82) is 0 Å². The second-order valence-electron chi connectivity index (χ2n) is 5.38. The SMILES string of the molecule is CCN(C[C@@H]1COc2ccccc2O1)C(=O)[C@@H]1CCCO1. The average Bonchev–Trinajstić information content (AvgIpc) is 3.06. The predicted octanol–water partition coefficient (Wildman–Crippen LogP) is 1.85. The van der Waals surface area contributed by atoms with E-state index < -0.39 is 0 Å². The fourth-order valence-corrected chi connectivity index (χ4v) is 2.75. The van der Waals surface area contributed by atoms with Gasteiger partial charge >= 0.3 is 0 Å². The smallest absolute Gasteiger partial charge is 0.251 e. The maximum Gasteiger partial charge on any atom is 0.251 e. The van der Waals surface area contributed by atoms with Crippen molar-refractivity contribution >= 4 is 5.91 Å². The van der Waals surface area contributed by atoms with Crippen LogP contribution in [0.15, 0.2) is 24.3 Å². The Morgan fingerprint density at radius 1 is 1.33 bits per heavy atom. The highest BCUT2D eigenvalue weighted by atomic mass is 16.6. The number of ether oxygens (including phenoxy) is 3. The van der Waals surface area contributed by atoms with Crippen LogP contribution in [0.1, 0.15) is 19.8 Å². The van der Waals surface area contributed by atoms with Crippen molar-refractivity contribution in [3.8, 4) is 11.5 Å². The third-order valence-electron chi connectivity index (χ3n) is 3.89. The predicted molar refractivity (Wildman–Crippen MR) is 77.6 cm³/mol. The molecule has 0 N–H and O–H groups in total. The monoisotopic (exact) mass is 291 g/mol. The lowest BCUT2D eigenvalue weighted by Crippen LogP contribution is -2.46. The summed E-state index contributed by atoms with van der Waals surface area (Å²) in [6.45, 7) is 4.31. The molecule has 2 aliphatic heterocycles. The molecule has 3 rings (SSSR count). The number of hydrogen-bond donors (Lipinski definition) is 0. The highest BCUT2D eigenvalue weighted by molar-refractivity contribution is 5.81. The second kappa shape index (κ2) is 6.35. The zero-order chi connectivity index (χ0) is 14.7. The Hall–Kier alpha value is -1.75. The third kappa shape index (κ3) is 3.13. The molecule has 1 aromatic rings. The molecule has 0 aliphatic carbocycles. The number of amides is 1. The Morgan fingerprint density at radius 3 is 2.86 bits per heavy atom. The van der Waals surface area contributed by atoms with E-state index in [2.05, 4.69) is 0 Å². The van der Waals surface area contributed by atoms with Crippen LogP contribution >= 0.6 is 0 Å². The largest absolute Gasteiger partial charge is 0.486 e. The van der Waals surface area contributed by atoms with Gasteiger partial charge in [-0.15, -0.1) is 0 Å². The Balaban J connectivity index is 1.61. The minimum Gasteiger partial charge on any atom is -0.486 e.